The summed E-state index contributed by atoms with van der Waals surface area (Å²) in [4.78, 5) is 31.5. The maximum atomic E-state index is 13.2. The Hall–Kier alpha value is -3.36. The van der Waals surface area contributed by atoms with Crippen LogP contribution in [0.3, 0.4) is 0 Å². The third kappa shape index (κ3) is 5.66. The Labute approximate surface area is 207 Å². The summed E-state index contributed by atoms with van der Waals surface area (Å²) in [5, 5.41) is 3.92. The molecule has 1 aliphatic heterocycles. The second-order valence-corrected chi connectivity index (χ2v) is 8.77. The van der Waals surface area contributed by atoms with E-state index in [1.54, 1.807) is 22.8 Å². The zero-order chi connectivity index (χ0) is 25.5. The van der Waals surface area contributed by atoms with Crippen molar-refractivity contribution in [2.75, 3.05) is 20.2 Å². The van der Waals surface area contributed by atoms with E-state index in [2.05, 4.69) is 21.2 Å². The molecule has 1 amide bonds. The first-order valence-electron chi connectivity index (χ1n) is 12.5. The summed E-state index contributed by atoms with van der Waals surface area (Å²) in [6, 6.07) is 2.22. The lowest BCUT2D eigenvalue weighted by atomic mass is 9.93. The minimum absolute atomic E-state index is 0.0120. The Morgan fingerprint density at radius 3 is 2.43 bits per heavy atom. The van der Waals surface area contributed by atoms with Crippen LogP contribution in [-0.4, -0.2) is 54.9 Å². The topological polar surface area (TPSA) is 87.2 Å². The molecule has 9 heteroatoms. The number of rotatable bonds is 4. The van der Waals surface area contributed by atoms with Crippen molar-refractivity contribution in [3.63, 3.8) is 0 Å². The monoisotopic (exact) mass is 482 g/mol. The number of carbonyl (C=O) groups is 1. The molecule has 3 aromatic heterocycles. The largest absolute Gasteiger partial charge is 0.480 e. The Balaban J connectivity index is 0.000000289. The summed E-state index contributed by atoms with van der Waals surface area (Å²) in [6.07, 6.45) is 12.2. The number of fused-ring (bicyclic) bond motifs is 1. The van der Waals surface area contributed by atoms with E-state index < -0.39 is 0 Å². The Kier molecular flexibility index (Phi) is 8.89. The fraction of sp³-hybridized carbons (Fsp3) is 0.538. The van der Waals surface area contributed by atoms with E-state index in [0.717, 1.165) is 48.8 Å². The predicted molar refractivity (Wildman–Crippen MR) is 138 cm³/mol. The average molecular weight is 483 g/mol. The number of amides is 1. The summed E-state index contributed by atoms with van der Waals surface area (Å²) in [6.45, 7) is 10.9. The third-order valence-corrected chi connectivity index (χ3v) is 6.58. The standard InChI is InChI=1S/C19H24N4O2.C5H8N2O.C2H6/c1-3-16(24)21-9-5-8-15(11-21)22-10-13(2)17-18(19(22)25)23(12-20-17)14-6-4-7-14;1-7-4-3-5(6-7)8-2;1-2/h3,10,12,14-15H,1,4-9,11H2,2H3;3-4H,1-2H3;1-2H3. The number of hydrogen-bond donors (Lipinski definition) is 0. The minimum Gasteiger partial charge on any atom is -0.480 e. The van der Waals surface area contributed by atoms with Crippen molar-refractivity contribution >= 4 is 16.9 Å². The van der Waals surface area contributed by atoms with Crippen LogP contribution in [0.1, 0.15) is 63.6 Å². The summed E-state index contributed by atoms with van der Waals surface area (Å²) in [5.74, 6) is 0.600. The number of aryl methyl sites for hydroxylation is 2. The molecule has 190 valence electrons. The smallest absolute Gasteiger partial charge is 0.277 e. The van der Waals surface area contributed by atoms with Crippen LogP contribution in [0, 0.1) is 6.92 Å². The summed E-state index contributed by atoms with van der Waals surface area (Å²) in [7, 11) is 3.45. The highest BCUT2D eigenvalue weighted by Gasteiger charge is 2.27. The summed E-state index contributed by atoms with van der Waals surface area (Å²) < 4.78 is 10.4. The number of hydrogen-bond acceptors (Lipinski definition) is 5. The normalized spacial score (nSPS) is 17.5. The van der Waals surface area contributed by atoms with Crippen LogP contribution >= 0.6 is 0 Å². The molecule has 0 N–H and O–H groups in total. The molecule has 5 rings (SSSR count). The van der Waals surface area contributed by atoms with Crippen LogP contribution in [0.25, 0.3) is 11.0 Å². The van der Waals surface area contributed by atoms with Crippen molar-refractivity contribution in [1.82, 2.24) is 28.8 Å². The maximum Gasteiger partial charge on any atom is 0.277 e. The van der Waals surface area contributed by atoms with Gasteiger partial charge in [-0.2, -0.15) is 0 Å². The van der Waals surface area contributed by atoms with Gasteiger partial charge in [0.25, 0.3) is 5.56 Å². The van der Waals surface area contributed by atoms with Crippen molar-refractivity contribution in [1.29, 1.82) is 0 Å². The predicted octanol–water partition coefficient (Wildman–Crippen LogP) is 4.04. The Morgan fingerprint density at radius 2 is 1.89 bits per heavy atom. The molecule has 4 heterocycles. The molecule has 9 nitrogen and oxygen atoms in total. The van der Waals surface area contributed by atoms with Gasteiger partial charge in [0.1, 0.15) is 5.52 Å². The van der Waals surface area contributed by atoms with Crippen molar-refractivity contribution in [2.24, 2.45) is 7.05 Å². The van der Waals surface area contributed by atoms with Crippen molar-refractivity contribution in [3.8, 4) is 5.88 Å². The van der Waals surface area contributed by atoms with Gasteiger partial charge in [-0.3, -0.25) is 14.3 Å². The minimum atomic E-state index is -0.0601. The molecule has 35 heavy (non-hydrogen) atoms. The second kappa shape index (κ2) is 11.9. The lowest BCUT2D eigenvalue weighted by Crippen LogP contribution is -2.42. The van der Waals surface area contributed by atoms with Crippen LogP contribution in [0.15, 0.2) is 42.2 Å². The number of aromatic nitrogens is 5. The van der Waals surface area contributed by atoms with Crippen molar-refractivity contribution < 1.29 is 9.53 Å². The van der Waals surface area contributed by atoms with Crippen LogP contribution in [-0.2, 0) is 11.8 Å². The van der Waals surface area contributed by atoms with Gasteiger partial charge in [-0.1, -0.05) is 20.4 Å². The van der Waals surface area contributed by atoms with Gasteiger partial charge in [-0.25, -0.2) is 4.98 Å². The second-order valence-electron chi connectivity index (χ2n) is 8.77. The maximum absolute atomic E-state index is 13.2. The number of pyridine rings is 1. The van der Waals surface area contributed by atoms with E-state index in [4.69, 9.17) is 4.74 Å². The van der Waals surface area contributed by atoms with Crippen LogP contribution in [0.2, 0.25) is 0 Å². The first kappa shape index (κ1) is 26.2. The number of imidazole rings is 1. The van der Waals surface area contributed by atoms with Gasteiger partial charge in [0.05, 0.1) is 25.0 Å². The van der Waals surface area contributed by atoms with Crippen LogP contribution in [0.4, 0.5) is 0 Å². The number of nitrogens with zero attached hydrogens (tertiary/aromatic N) is 6. The molecular weight excluding hydrogens is 444 g/mol. The summed E-state index contributed by atoms with van der Waals surface area (Å²) >= 11 is 0. The molecule has 2 aliphatic rings. The first-order valence-corrected chi connectivity index (χ1v) is 12.5. The number of likely N-dealkylation sites (tertiary alicyclic amines) is 1. The van der Waals surface area contributed by atoms with Gasteiger partial charge >= 0.3 is 0 Å². The first-order chi connectivity index (χ1) is 16.9. The van der Waals surface area contributed by atoms with Crippen LogP contribution < -0.4 is 10.3 Å². The fourth-order valence-corrected chi connectivity index (χ4v) is 4.54. The summed E-state index contributed by atoms with van der Waals surface area (Å²) in [5.41, 5.74) is 2.56. The number of carbonyl (C=O) groups excluding carboxylic acids is 1. The van der Waals surface area contributed by atoms with Gasteiger partial charge in [-0.05, 0) is 50.7 Å². The molecule has 3 aromatic rings. The van der Waals surface area contributed by atoms with E-state index in [9.17, 15) is 9.59 Å². The highest BCUT2D eigenvalue weighted by atomic mass is 16.5. The highest BCUT2D eigenvalue weighted by Crippen LogP contribution is 2.33. The SMILES string of the molecule is C=CC(=O)N1CCCC(n2cc(C)c3ncn(C4CCC4)c3c2=O)C1.CC.COc1ccn(C)n1. The Bertz CT molecular complexity index is 1200. The average Bonchev–Trinajstić information content (AvgIpc) is 3.48. The van der Waals surface area contributed by atoms with E-state index in [1.807, 2.05) is 51.1 Å². The van der Waals surface area contributed by atoms with E-state index >= 15 is 0 Å². The molecule has 1 atom stereocenters. The molecule has 0 spiro atoms. The zero-order valence-electron chi connectivity index (χ0n) is 21.6. The number of ether oxygens (including phenoxy) is 1. The lowest BCUT2D eigenvalue weighted by molar-refractivity contribution is -0.127. The van der Waals surface area contributed by atoms with E-state index in [-0.39, 0.29) is 17.5 Å². The molecule has 1 unspecified atom stereocenters. The van der Waals surface area contributed by atoms with E-state index in [1.165, 1.54) is 12.5 Å². The number of methoxy groups -OCH3 is 1. The van der Waals surface area contributed by atoms with Gasteiger partial charge in [-0.15, -0.1) is 5.10 Å². The molecular formula is C26H38N6O3. The molecule has 0 aromatic carbocycles. The van der Waals surface area contributed by atoms with Gasteiger partial charge in [0.15, 0.2) is 0 Å². The van der Waals surface area contributed by atoms with Gasteiger partial charge in [0, 0.05) is 44.6 Å². The third-order valence-electron chi connectivity index (χ3n) is 6.58. The fourth-order valence-electron chi connectivity index (χ4n) is 4.54. The highest BCUT2D eigenvalue weighted by molar-refractivity contribution is 5.87. The molecule has 0 bridgehead atoms. The van der Waals surface area contributed by atoms with Gasteiger partial charge < -0.3 is 18.8 Å². The Morgan fingerprint density at radius 1 is 1.17 bits per heavy atom. The molecule has 1 saturated carbocycles. The van der Waals surface area contributed by atoms with Crippen molar-refractivity contribution in [3.05, 3.63) is 53.4 Å². The quantitative estimate of drug-likeness (QED) is 0.524. The van der Waals surface area contributed by atoms with E-state index in [0.29, 0.717) is 18.5 Å². The molecule has 2 fully saturated rings. The molecule has 0 radical (unpaired) electrons. The zero-order valence-corrected chi connectivity index (χ0v) is 21.6. The molecule has 1 aliphatic carbocycles. The van der Waals surface area contributed by atoms with Crippen molar-refractivity contribution in [2.45, 2.75) is 65.0 Å². The van der Waals surface area contributed by atoms with Crippen LogP contribution in [0.5, 0.6) is 5.88 Å². The molecule has 1 saturated heterocycles. The van der Waals surface area contributed by atoms with Gasteiger partial charge in [0.2, 0.25) is 11.8 Å². The number of piperidine rings is 1. The lowest BCUT2D eigenvalue weighted by Gasteiger charge is -2.33.